The van der Waals surface area contributed by atoms with Crippen LogP contribution in [0.3, 0.4) is 0 Å². The Bertz CT molecular complexity index is 1130. The zero-order valence-corrected chi connectivity index (χ0v) is 21.0. The Kier molecular flexibility index (Phi) is 7.14. The molecule has 1 aliphatic rings. The largest absolute Gasteiger partial charge is 1.00 e. The smallest absolute Gasteiger partial charge is 0.271 e. The molecule has 2 atom stereocenters. The molecule has 0 saturated heterocycles. The zero-order chi connectivity index (χ0) is 21.5. The summed E-state index contributed by atoms with van der Waals surface area (Å²) in [6, 6.07) is 16.5. The third kappa shape index (κ3) is 5.31. The number of aromatic nitrogens is 2. The molecule has 0 fully saturated rings. The van der Waals surface area contributed by atoms with Crippen molar-refractivity contribution in [3.8, 4) is 22.7 Å². The number of quaternary nitrogens is 1. The lowest BCUT2D eigenvalue weighted by atomic mass is 10.1. The van der Waals surface area contributed by atoms with E-state index in [1.165, 1.54) is 4.68 Å². The topological polar surface area (TPSA) is 67.2 Å². The van der Waals surface area contributed by atoms with E-state index in [1.54, 1.807) is 6.07 Å². The summed E-state index contributed by atoms with van der Waals surface area (Å²) in [5.41, 5.74) is 2.68. The number of benzene rings is 2. The Labute approximate surface area is 202 Å². The van der Waals surface area contributed by atoms with E-state index in [1.807, 2.05) is 55.5 Å². The number of rotatable bonds is 5. The van der Waals surface area contributed by atoms with Gasteiger partial charge in [-0.25, -0.2) is 0 Å². The first-order valence-corrected chi connectivity index (χ1v) is 11.2. The maximum absolute atomic E-state index is 12.7. The fraction of sp³-hybridized carbons (Fsp3) is 0.304. The molecule has 0 saturated carbocycles. The molecule has 1 aromatic heterocycles. The van der Waals surface area contributed by atoms with Crippen molar-refractivity contribution in [3.05, 3.63) is 70.5 Å². The summed E-state index contributed by atoms with van der Waals surface area (Å²) < 4.78 is 20.7. The third-order valence-electron chi connectivity index (χ3n) is 4.91. The summed E-state index contributed by atoms with van der Waals surface area (Å²) in [7, 11) is 6.39. The van der Waals surface area contributed by atoms with E-state index in [2.05, 4.69) is 26.2 Å². The zero-order valence-electron chi connectivity index (χ0n) is 18.0. The Balaban J connectivity index is 0.00000272. The third-order valence-corrected chi connectivity index (χ3v) is 6.33. The summed E-state index contributed by atoms with van der Waals surface area (Å²) in [6.45, 7) is 2.93. The van der Waals surface area contributed by atoms with Gasteiger partial charge in [-0.05, 0) is 54.5 Å². The first-order valence-electron chi connectivity index (χ1n) is 9.90. The molecule has 0 bridgehead atoms. The number of fused-ring (bicyclic) bond motifs is 3. The molecule has 2 unspecified atom stereocenters. The van der Waals surface area contributed by atoms with Crippen LogP contribution < -0.4 is 34.3 Å². The van der Waals surface area contributed by atoms with E-state index in [9.17, 15) is 9.35 Å². The quantitative estimate of drug-likeness (QED) is 0.255. The van der Waals surface area contributed by atoms with Gasteiger partial charge >= 0.3 is 0 Å². The molecule has 4 rings (SSSR count). The predicted molar refractivity (Wildman–Crippen MR) is 118 cm³/mol. The molecule has 0 N–H and O–H groups in total. The number of hydrogen-bond acceptors (Lipinski definition) is 4. The molecule has 8 heteroatoms. The summed E-state index contributed by atoms with van der Waals surface area (Å²) in [6.07, 6.45) is 0.0674. The SMILES string of the molecule is CC(C[N+](C)(C)C)Oc1ccc(-n2nc3c(cc2=O)C[S+]([O-])c2ccccc2-3)cc1.[I-]. The maximum Gasteiger partial charge on any atom is 0.271 e. The highest BCUT2D eigenvalue weighted by Gasteiger charge is 2.28. The predicted octanol–water partition coefficient (Wildman–Crippen LogP) is -0.00180. The minimum Gasteiger partial charge on any atom is -1.00 e. The second kappa shape index (κ2) is 9.32. The highest BCUT2D eigenvalue weighted by molar-refractivity contribution is 7.90. The van der Waals surface area contributed by atoms with Gasteiger partial charge < -0.3 is 37.7 Å². The van der Waals surface area contributed by atoms with Crippen molar-refractivity contribution in [1.82, 2.24) is 9.78 Å². The van der Waals surface area contributed by atoms with Crippen molar-refractivity contribution in [2.75, 3.05) is 27.7 Å². The van der Waals surface area contributed by atoms with Gasteiger partial charge in [0.2, 0.25) is 0 Å². The van der Waals surface area contributed by atoms with Crippen molar-refractivity contribution in [3.63, 3.8) is 0 Å². The fourth-order valence-electron chi connectivity index (χ4n) is 3.80. The van der Waals surface area contributed by atoms with Crippen LogP contribution >= 0.6 is 0 Å². The van der Waals surface area contributed by atoms with Crippen molar-refractivity contribution < 1.29 is 37.7 Å². The van der Waals surface area contributed by atoms with E-state index < -0.39 is 11.2 Å². The van der Waals surface area contributed by atoms with Crippen molar-refractivity contribution in [1.29, 1.82) is 0 Å². The number of nitrogens with zero attached hydrogens (tertiary/aromatic N) is 3. The number of hydrogen-bond donors (Lipinski definition) is 0. The van der Waals surface area contributed by atoms with Crippen LogP contribution in [-0.4, -0.2) is 52.6 Å². The van der Waals surface area contributed by atoms with Crippen LogP contribution in [0.5, 0.6) is 5.75 Å². The Hall–Kier alpha value is -1.88. The van der Waals surface area contributed by atoms with E-state index >= 15 is 0 Å². The monoisotopic (exact) mass is 551 g/mol. The molecule has 0 amide bonds. The van der Waals surface area contributed by atoms with E-state index in [-0.39, 0.29) is 35.6 Å². The molecule has 0 radical (unpaired) electrons. The maximum atomic E-state index is 12.7. The molecule has 0 aliphatic carbocycles. The first-order chi connectivity index (χ1) is 14.2. The lowest BCUT2D eigenvalue weighted by Crippen LogP contribution is -3.00. The molecule has 2 aromatic carbocycles. The Morgan fingerprint density at radius 1 is 1.16 bits per heavy atom. The van der Waals surface area contributed by atoms with Crippen LogP contribution in [0, 0.1) is 0 Å². The molecule has 3 aromatic rings. The van der Waals surface area contributed by atoms with Crippen LogP contribution in [0.15, 0.2) is 64.3 Å². The lowest BCUT2D eigenvalue weighted by molar-refractivity contribution is -0.872. The molecular formula is C23H26IN3O3S. The van der Waals surface area contributed by atoms with E-state index in [0.29, 0.717) is 17.1 Å². The molecule has 1 aliphatic heterocycles. The van der Waals surface area contributed by atoms with Gasteiger partial charge in [-0.3, -0.25) is 4.79 Å². The van der Waals surface area contributed by atoms with Crippen LogP contribution in [0.4, 0.5) is 0 Å². The van der Waals surface area contributed by atoms with Gasteiger partial charge in [-0.2, -0.15) is 9.78 Å². The molecular weight excluding hydrogens is 525 g/mol. The van der Waals surface area contributed by atoms with E-state index in [0.717, 1.165) is 32.8 Å². The minimum atomic E-state index is -1.16. The van der Waals surface area contributed by atoms with Gasteiger partial charge in [-0.1, -0.05) is 12.1 Å². The summed E-state index contributed by atoms with van der Waals surface area (Å²) in [5, 5.41) is 4.62. The summed E-state index contributed by atoms with van der Waals surface area (Å²) >= 11 is -1.16. The normalized spacial score (nSPS) is 16.0. The van der Waals surface area contributed by atoms with Gasteiger partial charge in [0.1, 0.15) is 29.8 Å². The van der Waals surface area contributed by atoms with E-state index in [4.69, 9.17) is 4.74 Å². The van der Waals surface area contributed by atoms with Crippen molar-refractivity contribution in [2.45, 2.75) is 23.7 Å². The fourth-order valence-corrected chi connectivity index (χ4v) is 5.10. The first kappa shape index (κ1) is 23.8. The van der Waals surface area contributed by atoms with Gasteiger partial charge in [0.15, 0.2) is 4.90 Å². The number of likely N-dealkylation sites (N-methyl/N-ethyl adjacent to an activating group) is 1. The molecule has 0 spiro atoms. The highest BCUT2D eigenvalue weighted by Crippen LogP contribution is 2.35. The minimum absolute atomic E-state index is 0. The van der Waals surface area contributed by atoms with Crippen LogP contribution in [0.2, 0.25) is 0 Å². The van der Waals surface area contributed by atoms with Crippen LogP contribution in [0.25, 0.3) is 16.9 Å². The average molecular weight is 551 g/mol. The number of ether oxygens (including phenoxy) is 1. The van der Waals surface area contributed by atoms with Gasteiger partial charge in [0.25, 0.3) is 5.56 Å². The summed E-state index contributed by atoms with van der Waals surface area (Å²) in [4.78, 5) is 13.5. The second-order valence-corrected chi connectivity index (χ2v) is 10.1. The average Bonchev–Trinajstić information content (AvgIpc) is 2.67. The summed E-state index contributed by atoms with van der Waals surface area (Å²) in [5.74, 6) is 1.07. The standard InChI is InChI=1S/C23H26N3O3S.HI/c1-16(14-26(2,3)4)29-19-11-9-18(10-12-19)25-22(27)13-17-15-30(28)21-8-6-5-7-20(21)23(17)24-25;/h5-13,16H,14-15H2,1-4H3;1H/q+1;/p-1. The van der Waals surface area contributed by atoms with Crippen molar-refractivity contribution in [2.24, 2.45) is 0 Å². The molecule has 164 valence electrons. The molecule has 2 heterocycles. The second-order valence-electron chi connectivity index (χ2n) is 8.65. The number of halogens is 1. The highest BCUT2D eigenvalue weighted by atomic mass is 127. The molecule has 6 nitrogen and oxygen atoms in total. The van der Waals surface area contributed by atoms with Crippen LogP contribution in [-0.2, 0) is 16.9 Å². The Morgan fingerprint density at radius 3 is 2.52 bits per heavy atom. The van der Waals surface area contributed by atoms with Gasteiger partial charge in [-0.15, -0.1) is 0 Å². The Morgan fingerprint density at radius 2 is 1.84 bits per heavy atom. The lowest BCUT2D eigenvalue weighted by Gasteiger charge is -2.27. The molecule has 31 heavy (non-hydrogen) atoms. The van der Waals surface area contributed by atoms with Gasteiger partial charge in [0.05, 0.1) is 32.4 Å². The van der Waals surface area contributed by atoms with Crippen molar-refractivity contribution >= 4 is 11.2 Å². The van der Waals surface area contributed by atoms with Crippen LogP contribution in [0.1, 0.15) is 12.5 Å². The van der Waals surface area contributed by atoms with Gasteiger partial charge in [0, 0.05) is 11.6 Å².